The first-order valence-electron chi connectivity index (χ1n) is 7.78. The Hall–Kier alpha value is -2.55. The van der Waals surface area contributed by atoms with E-state index in [1.807, 2.05) is 10.6 Å². The van der Waals surface area contributed by atoms with E-state index in [1.165, 1.54) is 18.2 Å². The maximum absolute atomic E-state index is 12.8. The van der Waals surface area contributed by atoms with Crippen molar-refractivity contribution in [1.82, 2.24) is 19.9 Å². The lowest BCUT2D eigenvalue weighted by atomic mass is 10.3. The highest BCUT2D eigenvalue weighted by atomic mass is 32.2. The first-order chi connectivity index (χ1) is 13.3. The van der Waals surface area contributed by atoms with E-state index < -0.39 is 53.2 Å². The molecule has 1 unspecified atom stereocenters. The zero-order valence-electron chi connectivity index (χ0n) is 14.7. The maximum Gasteiger partial charge on any atom is 0.408 e. The van der Waals surface area contributed by atoms with E-state index in [4.69, 9.17) is 4.55 Å². The molecule has 3 atom stereocenters. The van der Waals surface area contributed by atoms with Crippen molar-refractivity contribution in [3.05, 3.63) is 18.2 Å². The number of anilines is 2. The Bertz CT molecular complexity index is 853. The fourth-order valence-electron chi connectivity index (χ4n) is 1.81. The van der Waals surface area contributed by atoms with Crippen LogP contribution in [-0.4, -0.2) is 53.1 Å². The van der Waals surface area contributed by atoms with Gasteiger partial charge in [-0.25, -0.2) is 9.19 Å². The van der Waals surface area contributed by atoms with Gasteiger partial charge in [-0.1, -0.05) is 6.07 Å². The first kappa shape index (κ1) is 22.7. The third-order valence-corrected chi connectivity index (χ3v) is 4.03. The molecule has 0 bridgehead atoms. The average molecular weight is 444 g/mol. The second-order valence-electron chi connectivity index (χ2n) is 5.73. The molecule has 160 valence electrons. The number of rotatable bonds is 6. The summed E-state index contributed by atoms with van der Waals surface area (Å²) < 4.78 is 97.0. The molecule has 0 spiro atoms. The van der Waals surface area contributed by atoms with Crippen molar-refractivity contribution in [3.8, 4) is 11.5 Å². The summed E-state index contributed by atoms with van der Waals surface area (Å²) in [6, 6.07) is -0.479. The number of hydrogen-bond donors (Lipinski definition) is 3. The highest BCUT2D eigenvalue weighted by Crippen LogP contribution is 2.26. The minimum atomic E-state index is -4.67. The lowest BCUT2D eigenvalue weighted by molar-refractivity contribution is -0.139. The Morgan fingerprint density at radius 1 is 0.897 bits per heavy atom. The molecule has 2 rings (SSSR count). The summed E-state index contributed by atoms with van der Waals surface area (Å²) in [5.74, 6) is -1.72. The molecule has 2 aromatic heterocycles. The molecule has 0 fully saturated rings. The third-order valence-electron chi connectivity index (χ3n) is 3.44. The van der Waals surface area contributed by atoms with Crippen LogP contribution in [0.4, 0.5) is 38.2 Å². The molecule has 0 aliphatic heterocycles. The largest absolute Gasteiger partial charge is 0.408 e. The van der Waals surface area contributed by atoms with E-state index in [2.05, 4.69) is 19.9 Å². The van der Waals surface area contributed by atoms with Gasteiger partial charge in [-0.15, -0.1) is 0 Å². The molecule has 2 aromatic rings. The maximum atomic E-state index is 12.8. The second kappa shape index (κ2) is 8.44. The Balaban J connectivity index is 2.49. The van der Waals surface area contributed by atoms with Crippen LogP contribution < -0.4 is 10.6 Å². The van der Waals surface area contributed by atoms with E-state index in [9.17, 15) is 30.6 Å². The molecule has 15 heteroatoms. The zero-order chi connectivity index (χ0) is 22.0. The van der Waals surface area contributed by atoms with E-state index in [0.29, 0.717) is 0 Å². The minimum absolute atomic E-state index is 0.155. The van der Waals surface area contributed by atoms with Gasteiger partial charge in [0.1, 0.15) is 17.8 Å². The molecule has 0 aromatic carbocycles. The molecule has 0 amide bonds. The highest BCUT2D eigenvalue weighted by molar-refractivity contribution is 7.79. The molecule has 0 radical (unpaired) electrons. The van der Waals surface area contributed by atoms with E-state index in [0.717, 1.165) is 13.8 Å². The second-order valence-corrected chi connectivity index (χ2v) is 6.65. The zero-order valence-corrected chi connectivity index (χ0v) is 15.5. The van der Waals surface area contributed by atoms with Gasteiger partial charge in [-0.05, 0) is 26.0 Å². The molecule has 2 heterocycles. The van der Waals surface area contributed by atoms with Crippen molar-refractivity contribution < 1.29 is 35.1 Å². The average Bonchev–Trinajstić information content (AvgIpc) is 2.60. The van der Waals surface area contributed by atoms with Gasteiger partial charge in [0.25, 0.3) is 0 Å². The van der Waals surface area contributed by atoms with Crippen LogP contribution in [0.2, 0.25) is 0 Å². The van der Waals surface area contributed by atoms with Gasteiger partial charge in [0, 0.05) is 0 Å². The lowest BCUT2D eigenvalue weighted by Gasteiger charge is -2.20. The fraction of sp³-hybridized carbons (Fsp3) is 0.429. The van der Waals surface area contributed by atoms with Crippen LogP contribution in [0.15, 0.2) is 23.2 Å². The smallest absolute Gasteiger partial charge is 0.343 e. The van der Waals surface area contributed by atoms with Crippen LogP contribution in [0.25, 0.3) is 11.5 Å². The van der Waals surface area contributed by atoms with Crippen molar-refractivity contribution in [2.45, 2.75) is 43.3 Å². The van der Waals surface area contributed by atoms with Crippen LogP contribution in [-0.2, 0) is 11.1 Å². The van der Waals surface area contributed by atoms with Crippen molar-refractivity contribution in [2.24, 2.45) is 0 Å². The van der Waals surface area contributed by atoms with Gasteiger partial charge in [-0.2, -0.15) is 41.3 Å². The Morgan fingerprint density at radius 2 is 1.38 bits per heavy atom. The summed E-state index contributed by atoms with van der Waals surface area (Å²) >= 11 is -2.48. The summed E-state index contributed by atoms with van der Waals surface area (Å²) in [4.78, 5) is 14.8. The van der Waals surface area contributed by atoms with Crippen molar-refractivity contribution in [1.29, 1.82) is 0 Å². The highest BCUT2D eigenvalue weighted by Gasteiger charge is 2.38. The van der Waals surface area contributed by atoms with Gasteiger partial charge >= 0.3 is 12.4 Å². The normalized spacial score (nSPS) is 15.5. The molecular formula is C14H14F6N6O2S. The molecule has 0 aliphatic rings. The molecule has 0 aliphatic carbocycles. The first-order valence-corrected chi connectivity index (χ1v) is 8.89. The van der Waals surface area contributed by atoms with Crippen LogP contribution in [0, 0.1) is 0 Å². The van der Waals surface area contributed by atoms with Crippen molar-refractivity contribution in [2.75, 3.05) is 10.6 Å². The number of alkyl halides is 6. The van der Waals surface area contributed by atoms with Crippen LogP contribution in [0.5, 0.6) is 0 Å². The molecule has 3 N–H and O–H groups in total. The number of nitrogens with zero attached hydrogens (tertiary/aromatic N) is 4. The third kappa shape index (κ3) is 6.22. The summed E-state index contributed by atoms with van der Waals surface area (Å²) in [6.45, 7) is 1.53. The number of aromatic nitrogens is 4. The standard InChI is InChI=1S/C14H14F6N6O2S/c1-6(13(15,16)17)21-11-24-10(8-4-3-5-9(23-8)29(27)28)25-12(26-11)22-7(2)14(18,19)20/h3-7H,1-2H3,(H,27,28)(H2,21,22,24,25,26)/t6-,7-/m1/s1. The number of pyridine rings is 1. The Labute approximate surface area is 162 Å². The van der Waals surface area contributed by atoms with E-state index >= 15 is 0 Å². The molecule has 0 saturated carbocycles. The van der Waals surface area contributed by atoms with Crippen molar-refractivity contribution in [3.63, 3.8) is 0 Å². The van der Waals surface area contributed by atoms with E-state index in [-0.39, 0.29) is 10.7 Å². The van der Waals surface area contributed by atoms with Gasteiger partial charge in [0.15, 0.2) is 10.9 Å². The summed E-state index contributed by atoms with van der Waals surface area (Å²) in [5.41, 5.74) is -0.155. The summed E-state index contributed by atoms with van der Waals surface area (Å²) in [7, 11) is 0. The predicted molar refractivity (Wildman–Crippen MR) is 90.4 cm³/mol. The molecular weight excluding hydrogens is 430 g/mol. The van der Waals surface area contributed by atoms with Crippen LogP contribution in [0.3, 0.4) is 0 Å². The number of halogens is 6. The van der Waals surface area contributed by atoms with Gasteiger partial charge in [-0.3, -0.25) is 0 Å². The Kier molecular flexibility index (Phi) is 6.62. The van der Waals surface area contributed by atoms with Crippen LogP contribution >= 0.6 is 0 Å². The topological polar surface area (TPSA) is 113 Å². The summed E-state index contributed by atoms with van der Waals surface area (Å²) in [6.07, 6.45) is -9.35. The quantitative estimate of drug-likeness (QED) is 0.460. The lowest BCUT2D eigenvalue weighted by Crippen LogP contribution is -2.35. The Morgan fingerprint density at radius 3 is 1.79 bits per heavy atom. The van der Waals surface area contributed by atoms with Gasteiger partial charge in [0.05, 0.1) is 0 Å². The van der Waals surface area contributed by atoms with Gasteiger partial charge in [0.2, 0.25) is 23.0 Å². The van der Waals surface area contributed by atoms with Crippen LogP contribution in [0.1, 0.15) is 13.8 Å². The molecule has 29 heavy (non-hydrogen) atoms. The number of hydrogen-bond acceptors (Lipinski definition) is 7. The van der Waals surface area contributed by atoms with Gasteiger partial charge < -0.3 is 15.2 Å². The number of nitrogens with one attached hydrogen (secondary N) is 2. The molecule has 0 saturated heterocycles. The predicted octanol–water partition coefficient (Wildman–Crippen LogP) is 3.24. The minimum Gasteiger partial charge on any atom is -0.343 e. The molecule has 8 nitrogen and oxygen atoms in total. The summed E-state index contributed by atoms with van der Waals surface area (Å²) in [5, 5.41) is 3.57. The monoisotopic (exact) mass is 444 g/mol. The SMILES string of the molecule is C[C@@H](Nc1nc(N[C@H](C)C(F)(F)F)nc(-c2cccc(S(=O)O)n2)n1)C(F)(F)F. The van der Waals surface area contributed by atoms with Crippen molar-refractivity contribution >= 4 is 23.0 Å². The fourth-order valence-corrected chi connectivity index (χ4v) is 2.18. The van der Waals surface area contributed by atoms with E-state index in [1.54, 1.807) is 0 Å².